The number of carbonyl (C=O) groups excluding carboxylic acids is 1. The molecule has 0 unspecified atom stereocenters. The van der Waals surface area contributed by atoms with Gasteiger partial charge < -0.3 is 15.2 Å². The van der Waals surface area contributed by atoms with Crippen molar-refractivity contribution >= 4 is 17.4 Å². The first-order valence-electron chi connectivity index (χ1n) is 10.0. The van der Waals surface area contributed by atoms with Crippen molar-refractivity contribution in [2.45, 2.75) is 19.5 Å². The number of aromatic amines is 1. The molecule has 2 aromatic carbocycles. The molecule has 0 spiro atoms. The maximum Gasteiger partial charge on any atom is 0.330 e. The highest BCUT2D eigenvalue weighted by Gasteiger charge is 2.25. The van der Waals surface area contributed by atoms with Crippen molar-refractivity contribution in [1.29, 1.82) is 0 Å². The van der Waals surface area contributed by atoms with Crippen LogP contribution in [0.4, 0.5) is 11.5 Å². The fraction of sp³-hybridized carbons (Fsp3) is 0.261. The van der Waals surface area contributed by atoms with Gasteiger partial charge in [0, 0.05) is 7.11 Å². The van der Waals surface area contributed by atoms with E-state index in [2.05, 4.69) is 4.98 Å². The van der Waals surface area contributed by atoms with Gasteiger partial charge in [-0.05, 0) is 23.3 Å². The first-order chi connectivity index (χ1) is 15.4. The summed E-state index contributed by atoms with van der Waals surface area (Å²) in [6.45, 7) is 0.458. The summed E-state index contributed by atoms with van der Waals surface area (Å²) in [5.74, 6) is 0.178. The number of methoxy groups -OCH3 is 2. The van der Waals surface area contributed by atoms with Crippen molar-refractivity contribution in [2.75, 3.05) is 31.5 Å². The van der Waals surface area contributed by atoms with Crippen molar-refractivity contribution in [3.05, 3.63) is 86.6 Å². The third-order valence-electron chi connectivity index (χ3n) is 4.98. The number of nitrogens with two attached hydrogens (primary N) is 1. The third kappa shape index (κ3) is 5.25. The number of nitrogens with zero attached hydrogens (tertiary/aromatic N) is 2. The van der Waals surface area contributed by atoms with E-state index in [-0.39, 0.29) is 43.5 Å². The standard InChI is InChI=1S/C23H26N4O5/c1-31-12-11-26-21(24)20(22(29)25-23(26)30)27(15-16-7-4-3-5-8-16)19(28)14-17-9-6-10-18(13-17)32-2/h3-10,13H,11-12,14-15,24H2,1-2H3,(H,25,29,30). The van der Waals surface area contributed by atoms with Crippen molar-refractivity contribution in [1.82, 2.24) is 9.55 Å². The molecule has 0 aliphatic heterocycles. The molecule has 0 fully saturated rings. The SMILES string of the molecule is COCCn1c(N)c(N(Cc2ccccc2)C(=O)Cc2cccc(OC)c2)c(=O)[nH]c1=O. The molecule has 1 heterocycles. The van der Waals surface area contributed by atoms with Crippen molar-refractivity contribution in [3.63, 3.8) is 0 Å². The predicted molar refractivity (Wildman–Crippen MR) is 122 cm³/mol. The van der Waals surface area contributed by atoms with Crippen LogP contribution < -0.4 is 26.6 Å². The molecular formula is C23H26N4O5. The minimum atomic E-state index is -0.726. The largest absolute Gasteiger partial charge is 0.497 e. The molecule has 9 nitrogen and oxygen atoms in total. The molecule has 0 radical (unpaired) electrons. The van der Waals surface area contributed by atoms with Crippen LogP contribution in [-0.4, -0.2) is 36.3 Å². The molecular weight excluding hydrogens is 412 g/mol. The summed E-state index contributed by atoms with van der Waals surface area (Å²) in [7, 11) is 3.04. The number of amides is 1. The van der Waals surface area contributed by atoms with Crippen LogP contribution in [0, 0.1) is 0 Å². The first-order valence-corrected chi connectivity index (χ1v) is 10.0. The maximum atomic E-state index is 13.4. The van der Waals surface area contributed by atoms with E-state index in [1.807, 2.05) is 30.3 Å². The Hall–Kier alpha value is -3.85. The van der Waals surface area contributed by atoms with Crippen molar-refractivity contribution in [2.24, 2.45) is 0 Å². The van der Waals surface area contributed by atoms with E-state index in [0.717, 1.165) is 11.1 Å². The van der Waals surface area contributed by atoms with Crippen LogP contribution in [0.5, 0.6) is 5.75 Å². The van der Waals surface area contributed by atoms with Gasteiger partial charge >= 0.3 is 5.69 Å². The van der Waals surface area contributed by atoms with E-state index in [4.69, 9.17) is 15.2 Å². The van der Waals surface area contributed by atoms with Crippen LogP contribution >= 0.6 is 0 Å². The van der Waals surface area contributed by atoms with Crippen LogP contribution in [-0.2, 0) is 29.0 Å². The maximum absolute atomic E-state index is 13.4. The molecule has 3 N–H and O–H groups in total. The van der Waals surface area contributed by atoms with Gasteiger partial charge in [0.15, 0.2) is 5.69 Å². The highest BCUT2D eigenvalue weighted by molar-refractivity contribution is 5.96. The lowest BCUT2D eigenvalue weighted by molar-refractivity contribution is -0.118. The summed E-state index contributed by atoms with van der Waals surface area (Å²) < 4.78 is 11.5. The van der Waals surface area contributed by atoms with Gasteiger partial charge in [-0.2, -0.15) is 0 Å². The lowest BCUT2D eigenvalue weighted by Crippen LogP contribution is -2.41. The van der Waals surface area contributed by atoms with Crippen LogP contribution in [0.2, 0.25) is 0 Å². The van der Waals surface area contributed by atoms with Gasteiger partial charge in [-0.3, -0.25) is 24.0 Å². The summed E-state index contributed by atoms with van der Waals surface area (Å²) in [4.78, 5) is 42.0. The normalized spacial score (nSPS) is 10.7. The summed E-state index contributed by atoms with van der Waals surface area (Å²) in [5, 5.41) is 0. The molecule has 32 heavy (non-hydrogen) atoms. The molecule has 0 saturated heterocycles. The Labute approximate surface area is 185 Å². The molecule has 3 aromatic rings. The number of carbonyl (C=O) groups is 1. The van der Waals surface area contributed by atoms with Crippen LogP contribution in [0.1, 0.15) is 11.1 Å². The summed E-state index contributed by atoms with van der Waals surface area (Å²) in [6, 6.07) is 16.4. The van der Waals surface area contributed by atoms with E-state index in [1.165, 1.54) is 16.6 Å². The van der Waals surface area contributed by atoms with Gasteiger partial charge in [0.2, 0.25) is 5.91 Å². The predicted octanol–water partition coefficient (Wildman–Crippen LogP) is 1.55. The summed E-state index contributed by atoms with van der Waals surface area (Å²) >= 11 is 0. The lowest BCUT2D eigenvalue weighted by Gasteiger charge is -2.25. The highest BCUT2D eigenvalue weighted by Crippen LogP contribution is 2.22. The van der Waals surface area contributed by atoms with Gasteiger partial charge in [-0.25, -0.2) is 4.79 Å². The van der Waals surface area contributed by atoms with E-state index in [0.29, 0.717) is 5.75 Å². The van der Waals surface area contributed by atoms with Crippen molar-refractivity contribution in [3.8, 4) is 5.75 Å². The zero-order valence-electron chi connectivity index (χ0n) is 18.0. The number of aromatic nitrogens is 2. The second kappa shape index (κ2) is 10.5. The van der Waals surface area contributed by atoms with Gasteiger partial charge in [0.05, 0.1) is 33.2 Å². The highest BCUT2D eigenvalue weighted by atomic mass is 16.5. The van der Waals surface area contributed by atoms with Crippen LogP contribution in [0.25, 0.3) is 0 Å². The molecule has 1 amide bonds. The second-order valence-corrected chi connectivity index (χ2v) is 7.13. The second-order valence-electron chi connectivity index (χ2n) is 7.13. The number of ether oxygens (including phenoxy) is 2. The molecule has 1 aromatic heterocycles. The number of nitrogen functional groups attached to an aromatic ring is 1. The van der Waals surface area contributed by atoms with Crippen LogP contribution in [0.3, 0.4) is 0 Å². The number of hydrogen-bond acceptors (Lipinski definition) is 6. The minimum absolute atomic E-state index is 0.0140. The van der Waals surface area contributed by atoms with E-state index >= 15 is 0 Å². The number of rotatable bonds is 9. The Morgan fingerprint density at radius 1 is 1.06 bits per heavy atom. The lowest BCUT2D eigenvalue weighted by atomic mass is 10.1. The smallest absolute Gasteiger partial charge is 0.330 e. The fourth-order valence-corrected chi connectivity index (χ4v) is 3.35. The molecule has 0 aliphatic rings. The number of anilines is 2. The average Bonchev–Trinajstić information content (AvgIpc) is 2.79. The number of H-pyrrole nitrogens is 1. The van der Waals surface area contributed by atoms with Gasteiger partial charge in [-0.1, -0.05) is 42.5 Å². The average molecular weight is 438 g/mol. The fourth-order valence-electron chi connectivity index (χ4n) is 3.35. The summed E-state index contributed by atoms with van der Waals surface area (Å²) in [5.41, 5.74) is 6.30. The Balaban J connectivity index is 2.05. The number of nitrogens with one attached hydrogen (secondary N) is 1. The quantitative estimate of drug-likeness (QED) is 0.523. The van der Waals surface area contributed by atoms with Gasteiger partial charge in [-0.15, -0.1) is 0 Å². The molecule has 9 heteroatoms. The van der Waals surface area contributed by atoms with Crippen molar-refractivity contribution < 1.29 is 14.3 Å². The Kier molecular flexibility index (Phi) is 7.45. The van der Waals surface area contributed by atoms with Gasteiger partial charge in [0.1, 0.15) is 11.6 Å². The minimum Gasteiger partial charge on any atom is -0.497 e. The Bertz CT molecular complexity index is 1190. The zero-order valence-corrected chi connectivity index (χ0v) is 18.0. The first kappa shape index (κ1) is 22.8. The van der Waals surface area contributed by atoms with E-state index in [1.54, 1.807) is 31.4 Å². The summed E-state index contributed by atoms with van der Waals surface area (Å²) in [6.07, 6.45) is 0.0140. The van der Waals surface area contributed by atoms with Crippen LogP contribution in [0.15, 0.2) is 64.2 Å². The Morgan fingerprint density at radius 2 is 1.78 bits per heavy atom. The van der Waals surface area contributed by atoms with E-state index in [9.17, 15) is 14.4 Å². The zero-order chi connectivity index (χ0) is 23.1. The molecule has 168 valence electrons. The molecule has 0 bridgehead atoms. The number of benzene rings is 2. The number of hydrogen-bond donors (Lipinski definition) is 2. The van der Waals surface area contributed by atoms with Gasteiger partial charge in [0.25, 0.3) is 5.56 Å². The monoisotopic (exact) mass is 438 g/mol. The van der Waals surface area contributed by atoms with E-state index < -0.39 is 11.2 Å². The topological polar surface area (TPSA) is 120 Å². The molecule has 3 rings (SSSR count). The third-order valence-corrected chi connectivity index (χ3v) is 4.98. The Morgan fingerprint density at radius 3 is 2.47 bits per heavy atom. The molecule has 0 aliphatic carbocycles. The molecule has 0 atom stereocenters. The molecule has 0 saturated carbocycles.